The van der Waals surface area contributed by atoms with Crippen LogP contribution in [-0.4, -0.2) is 18.3 Å². The normalized spacial score (nSPS) is 16.1. The SMILES string of the molecule is OC(c1ccccc1)c1ccc2c(c1)CNCCO2. The lowest BCUT2D eigenvalue weighted by atomic mass is 9.99. The molecule has 0 aliphatic carbocycles. The summed E-state index contributed by atoms with van der Waals surface area (Å²) in [7, 11) is 0. The van der Waals surface area contributed by atoms with E-state index in [1.807, 2.05) is 48.5 Å². The predicted octanol–water partition coefficient (Wildman–Crippen LogP) is 2.25. The van der Waals surface area contributed by atoms with Gasteiger partial charge in [-0.15, -0.1) is 0 Å². The Kier molecular flexibility index (Phi) is 3.49. The van der Waals surface area contributed by atoms with E-state index < -0.39 is 6.10 Å². The summed E-state index contributed by atoms with van der Waals surface area (Å²) in [5.74, 6) is 0.911. The van der Waals surface area contributed by atoms with Crippen molar-refractivity contribution in [3.63, 3.8) is 0 Å². The molecule has 0 amide bonds. The molecule has 1 aliphatic heterocycles. The fourth-order valence-corrected chi connectivity index (χ4v) is 2.33. The molecule has 0 bridgehead atoms. The van der Waals surface area contributed by atoms with Gasteiger partial charge in [0, 0.05) is 18.7 Å². The van der Waals surface area contributed by atoms with Crippen molar-refractivity contribution in [3.8, 4) is 5.75 Å². The molecule has 19 heavy (non-hydrogen) atoms. The summed E-state index contributed by atoms with van der Waals surface area (Å²) < 4.78 is 5.64. The Bertz CT molecular complexity index is 554. The lowest BCUT2D eigenvalue weighted by Gasteiger charge is -2.14. The van der Waals surface area contributed by atoms with E-state index in [0.29, 0.717) is 6.61 Å². The van der Waals surface area contributed by atoms with Gasteiger partial charge >= 0.3 is 0 Å². The maximum atomic E-state index is 10.4. The molecule has 2 aromatic carbocycles. The quantitative estimate of drug-likeness (QED) is 0.865. The van der Waals surface area contributed by atoms with E-state index in [1.54, 1.807) is 0 Å². The van der Waals surface area contributed by atoms with Crippen molar-refractivity contribution < 1.29 is 9.84 Å². The summed E-state index contributed by atoms with van der Waals surface area (Å²) >= 11 is 0. The minimum atomic E-state index is -0.588. The summed E-state index contributed by atoms with van der Waals surface area (Å²) in [5.41, 5.74) is 2.91. The molecule has 2 aromatic rings. The topological polar surface area (TPSA) is 41.5 Å². The van der Waals surface area contributed by atoms with Gasteiger partial charge in [0.25, 0.3) is 0 Å². The van der Waals surface area contributed by atoms with E-state index in [-0.39, 0.29) is 0 Å². The Labute approximate surface area is 112 Å². The summed E-state index contributed by atoms with van der Waals surface area (Å²) in [5, 5.41) is 13.7. The molecule has 0 saturated heterocycles. The van der Waals surface area contributed by atoms with Crippen LogP contribution in [-0.2, 0) is 6.54 Å². The number of rotatable bonds is 2. The average Bonchev–Trinajstić information content (AvgIpc) is 2.72. The first-order valence-electron chi connectivity index (χ1n) is 6.54. The van der Waals surface area contributed by atoms with Crippen molar-refractivity contribution >= 4 is 0 Å². The lowest BCUT2D eigenvalue weighted by Crippen LogP contribution is -2.16. The van der Waals surface area contributed by atoms with E-state index in [1.165, 1.54) is 0 Å². The van der Waals surface area contributed by atoms with Crippen LogP contribution in [0.2, 0.25) is 0 Å². The largest absolute Gasteiger partial charge is 0.492 e. The number of nitrogens with one attached hydrogen (secondary N) is 1. The zero-order valence-corrected chi connectivity index (χ0v) is 10.7. The Balaban J connectivity index is 1.91. The average molecular weight is 255 g/mol. The zero-order valence-electron chi connectivity index (χ0n) is 10.7. The number of hydrogen-bond acceptors (Lipinski definition) is 3. The Morgan fingerprint density at radius 1 is 1.05 bits per heavy atom. The van der Waals surface area contributed by atoms with Crippen LogP contribution in [0.5, 0.6) is 5.75 Å². The van der Waals surface area contributed by atoms with Crippen LogP contribution in [0, 0.1) is 0 Å². The van der Waals surface area contributed by atoms with Crippen molar-refractivity contribution in [2.24, 2.45) is 0 Å². The van der Waals surface area contributed by atoms with Crippen LogP contribution in [0.15, 0.2) is 48.5 Å². The number of ether oxygens (including phenoxy) is 1. The molecule has 0 saturated carbocycles. The maximum Gasteiger partial charge on any atom is 0.123 e. The smallest absolute Gasteiger partial charge is 0.123 e. The van der Waals surface area contributed by atoms with E-state index in [2.05, 4.69) is 5.32 Å². The lowest BCUT2D eigenvalue weighted by molar-refractivity contribution is 0.220. The number of aliphatic hydroxyl groups is 1. The van der Waals surface area contributed by atoms with Crippen LogP contribution in [0.3, 0.4) is 0 Å². The third-order valence-electron chi connectivity index (χ3n) is 3.37. The molecule has 0 fully saturated rings. The van der Waals surface area contributed by atoms with E-state index in [9.17, 15) is 5.11 Å². The molecule has 98 valence electrons. The summed E-state index contributed by atoms with van der Waals surface area (Å²) in [6.07, 6.45) is -0.588. The van der Waals surface area contributed by atoms with Crippen molar-refractivity contribution in [3.05, 3.63) is 65.2 Å². The number of fused-ring (bicyclic) bond motifs is 1. The van der Waals surface area contributed by atoms with Crippen molar-refractivity contribution in [1.82, 2.24) is 5.32 Å². The molecule has 1 heterocycles. The highest BCUT2D eigenvalue weighted by molar-refractivity contribution is 5.41. The minimum Gasteiger partial charge on any atom is -0.492 e. The van der Waals surface area contributed by atoms with Gasteiger partial charge in [-0.2, -0.15) is 0 Å². The van der Waals surface area contributed by atoms with Crippen molar-refractivity contribution in [2.45, 2.75) is 12.6 Å². The van der Waals surface area contributed by atoms with Crippen molar-refractivity contribution in [1.29, 1.82) is 0 Å². The maximum absolute atomic E-state index is 10.4. The molecule has 0 spiro atoms. The minimum absolute atomic E-state index is 0.588. The van der Waals surface area contributed by atoms with Crippen LogP contribution in [0.25, 0.3) is 0 Å². The molecule has 3 heteroatoms. The second kappa shape index (κ2) is 5.43. The molecule has 3 rings (SSSR count). The van der Waals surface area contributed by atoms with Crippen molar-refractivity contribution in [2.75, 3.05) is 13.2 Å². The molecule has 2 N–H and O–H groups in total. The third-order valence-corrected chi connectivity index (χ3v) is 3.37. The van der Waals surface area contributed by atoms with Gasteiger partial charge in [-0.1, -0.05) is 36.4 Å². The first-order chi connectivity index (χ1) is 9.34. The van der Waals surface area contributed by atoms with Gasteiger partial charge in [0.15, 0.2) is 0 Å². The predicted molar refractivity (Wildman–Crippen MR) is 74.1 cm³/mol. The van der Waals surface area contributed by atoms with Crippen LogP contribution < -0.4 is 10.1 Å². The molecule has 1 unspecified atom stereocenters. The van der Waals surface area contributed by atoms with E-state index in [4.69, 9.17) is 4.74 Å². The molecule has 0 aromatic heterocycles. The number of aliphatic hydroxyl groups excluding tert-OH is 1. The fraction of sp³-hybridized carbons (Fsp3) is 0.250. The van der Waals surface area contributed by atoms with Gasteiger partial charge in [-0.05, 0) is 23.3 Å². The molecule has 3 nitrogen and oxygen atoms in total. The van der Waals surface area contributed by atoms with E-state index >= 15 is 0 Å². The molecule has 1 aliphatic rings. The Morgan fingerprint density at radius 3 is 2.74 bits per heavy atom. The second-order valence-electron chi connectivity index (χ2n) is 4.71. The second-order valence-corrected chi connectivity index (χ2v) is 4.71. The standard InChI is InChI=1S/C16H17NO2/c18-16(12-4-2-1-3-5-12)13-6-7-15-14(10-13)11-17-8-9-19-15/h1-7,10,16-18H,8-9,11H2. The van der Waals surface area contributed by atoms with E-state index in [0.717, 1.165) is 35.5 Å². The van der Waals surface area contributed by atoms with Gasteiger partial charge in [-0.25, -0.2) is 0 Å². The first kappa shape index (κ1) is 12.2. The summed E-state index contributed by atoms with van der Waals surface area (Å²) in [4.78, 5) is 0. The molecular weight excluding hydrogens is 238 g/mol. The molecular formula is C16H17NO2. The first-order valence-corrected chi connectivity index (χ1v) is 6.54. The van der Waals surface area contributed by atoms with Gasteiger partial charge in [-0.3, -0.25) is 0 Å². The van der Waals surface area contributed by atoms with Gasteiger partial charge in [0.1, 0.15) is 18.5 Å². The highest BCUT2D eigenvalue weighted by Gasteiger charge is 2.14. The molecule has 1 atom stereocenters. The van der Waals surface area contributed by atoms with Crippen LogP contribution in [0.4, 0.5) is 0 Å². The fourth-order valence-electron chi connectivity index (χ4n) is 2.33. The Morgan fingerprint density at radius 2 is 1.89 bits per heavy atom. The Hall–Kier alpha value is -1.84. The number of hydrogen-bond donors (Lipinski definition) is 2. The van der Waals surface area contributed by atoms with Gasteiger partial charge < -0.3 is 15.2 Å². The third kappa shape index (κ3) is 2.62. The highest BCUT2D eigenvalue weighted by Crippen LogP contribution is 2.27. The number of benzene rings is 2. The van der Waals surface area contributed by atoms with Crippen LogP contribution >= 0.6 is 0 Å². The zero-order chi connectivity index (χ0) is 13.1. The monoisotopic (exact) mass is 255 g/mol. The molecule has 0 radical (unpaired) electrons. The summed E-state index contributed by atoms with van der Waals surface area (Å²) in [6.45, 7) is 2.32. The highest BCUT2D eigenvalue weighted by atomic mass is 16.5. The van der Waals surface area contributed by atoms with Gasteiger partial charge in [0.2, 0.25) is 0 Å². The van der Waals surface area contributed by atoms with Gasteiger partial charge in [0.05, 0.1) is 0 Å². The summed E-state index contributed by atoms with van der Waals surface area (Å²) in [6, 6.07) is 15.6. The van der Waals surface area contributed by atoms with Crippen LogP contribution in [0.1, 0.15) is 22.8 Å².